The van der Waals surface area contributed by atoms with E-state index in [1.54, 1.807) is 23.1 Å². The smallest absolute Gasteiger partial charge is 0.409 e. The third-order valence-electron chi connectivity index (χ3n) is 4.55. The first-order chi connectivity index (χ1) is 13.4. The summed E-state index contributed by atoms with van der Waals surface area (Å²) < 4.78 is 4.85. The van der Waals surface area contributed by atoms with Crippen LogP contribution in [-0.4, -0.2) is 68.2 Å². The highest BCUT2D eigenvalue weighted by Gasteiger charge is 2.18. The van der Waals surface area contributed by atoms with Crippen molar-refractivity contribution in [3.05, 3.63) is 46.0 Å². The van der Waals surface area contributed by atoms with Crippen LogP contribution in [0.5, 0.6) is 0 Å². The van der Waals surface area contributed by atoms with Crippen LogP contribution >= 0.6 is 23.2 Å². The molecule has 2 amide bonds. The van der Waals surface area contributed by atoms with Gasteiger partial charge in [-0.05, 0) is 49.2 Å². The van der Waals surface area contributed by atoms with E-state index < -0.39 is 6.09 Å². The average Bonchev–Trinajstić information content (AvgIpc) is 3.16. The van der Waals surface area contributed by atoms with Gasteiger partial charge in [0.15, 0.2) is 0 Å². The van der Waals surface area contributed by atoms with Gasteiger partial charge in [0.2, 0.25) is 5.91 Å². The van der Waals surface area contributed by atoms with E-state index in [0.29, 0.717) is 29.7 Å². The molecule has 1 aromatic carbocycles. The van der Waals surface area contributed by atoms with Crippen molar-refractivity contribution in [1.29, 1.82) is 0 Å². The Balaban J connectivity index is 1.78. The Morgan fingerprint density at radius 3 is 2.61 bits per heavy atom. The lowest BCUT2D eigenvalue weighted by molar-refractivity contribution is -0.120. The van der Waals surface area contributed by atoms with Crippen molar-refractivity contribution < 1.29 is 14.3 Å². The van der Waals surface area contributed by atoms with Crippen LogP contribution in [0.15, 0.2) is 30.4 Å². The van der Waals surface area contributed by atoms with Gasteiger partial charge in [-0.3, -0.25) is 9.69 Å². The summed E-state index contributed by atoms with van der Waals surface area (Å²) in [6.07, 6.45) is 2.18. The number of benzene rings is 1. The zero-order valence-electron chi connectivity index (χ0n) is 16.2. The number of likely N-dealkylation sites (tertiary alicyclic amines) is 1. The van der Waals surface area contributed by atoms with E-state index in [0.717, 1.165) is 30.8 Å². The van der Waals surface area contributed by atoms with Crippen molar-refractivity contribution in [3.63, 3.8) is 0 Å². The number of nitrogens with one attached hydrogen (secondary N) is 1. The summed E-state index contributed by atoms with van der Waals surface area (Å²) in [5.41, 5.74) is 1.73. The van der Waals surface area contributed by atoms with E-state index in [4.69, 9.17) is 27.9 Å². The van der Waals surface area contributed by atoms with Crippen molar-refractivity contribution in [1.82, 2.24) is 15.1 Å². The molecule has 0 aliphatic carbocycles. The number of nitrogens with zero attached hydrogens (tertiary/aromatic N) is 2. The summed E-state index contributed by atoms with van der Waals surface area (Å²) in [5, 5.41) is 3.69. The second-order valence-corrected chi connectivity index (χ2v) is 7.71. The van der Waals surface area contributed by atoms with E-state index in [-0.39, 0.29) is 12.3 Å². The molecule has 1 heterocycles. The fourth-order valence-electron chi connectivity index (χ4n) is 3.17. The van der Waals surface area contributed by atoms with Gasteiger partial charge in [-0.2, -0.15) is 0 Å². The van der Waals surface area contributed by atoms with Gasteiger partial charge in [0.25, 0.3) is 0 Å². The van der Waals surface area contributed by atoms with Crippen LogP contribution in [0.25, 0.3) is 0 Å². The van der Waals surface area contributed by atoms with E-state index in [2.05, 4.69) is 16.8 Å². The third kappa shape index (κ3) is 7.34. The number of hydrogen-bond acceptors (Lipinski definition) is 4. The van der Waals surface area contributed by atoms with Crippen molar-refractivity contribution in [3.8, 4) is 0 Å². The van der Waals surface area contributed by atoms with Gasteiger partial charge in [-0.1, -0.05) is 35.8 Å². The minimum atomic E-state index is -0.429. The molecule has 0 radical (unpaired) electrons. The van der Waals surface area contributed by atoms with Gasteiger partial charge < -0.3 is 15.0 Å². The highest BCUT2D eigenvalue weighted by molar-refractivity contribution is 6.42. The van der Waals surface area contributed by atoms with Gasteiger partial charge >= 0.3 is 6.09 Å². The van der Waals surface area contributed by atoms with Gasteiger partial charge in [-0.15, -0.1) is 0 Å². The molecule has 0 aromatic heterocycles. The number of hydrogen-bond donors (Lipinski definition) is 1. The lowest BCUT2D eigenvalue weighted by Gasteiger charge is -2.24. The molecule has 1 saturated heterocycles. The molecule has 0 bridgehead atoms. The van der Waals surface area contributed by atoms with Crippen LogP contribution in [0.1, 0.15) is 18.4 Å². The molecule has 154 valence electrons. The molecule has 1 aliphatic heterocycles. The summed E-state index contributed by atoms with van der Waals surface area (Å²) >= 11 is 11.9. The third-order valence-corrected chi connectivity index (χ3v) is 5.28. The van der Waals surface area contributed by atoms with Gasteiger partial charge in [0.05, 0.1) is 23.6 Å². The predicted octanol–water partition coefficient (Wildman–Crippen LogP) is 3.37. The average molecular weight is 428 g/mol. The molecule has 28 heavy (non-hydrogen) atoms. The SMILES string of the molecule is C=C(CN1CCCC1)CN(CCNC(=O)Cc1ccc(Cl)c(Cl)c1)C(=O)OC. The molecule has 0 unspecified atom stereocenters. The molecule has 6 nitrogen and oxygen atoms in total. The fourth-order valence-corrected chi connectivity index (χ4v) is 3.49. The highest BCUT2D eigenvalue weighted by atomic mass is 35.5. The molecule has 2 rings (SSSR count). The second-order valence-electron chi connectivity index (χ2n) is 6.90. The van der Waals surface area contributed by atoms with Gasteiger partial charge in [0.1, 0.15) is 0 Å². The maximum Gasteiger partial charge on any atom is 0.409 e. The molecule has 1 N–H and O–H groups in total. The maximum atomic E-state index is 12.1. The predicted molar refractivity (Wildman–Crippen MR) is 112 cm³/mol. The van der Waals surface area contributed by atoms with Crippen molar-refractivity contribution in [2.24, 2.45) is 0 Å². The standard InChI is InChI=1S/C20H27Cl2N3O3/c1-15(13-24-8-3-4-9-24)14-25(20(27)28-2)10-7-23-19(26)12-16-5-6-17(21)18(22)11-16/h5-6,11H,1,3-4,7-10,12-14H2,2H3,(H,23,26). The Labute approximate surface area is 176 Å². The Morgan fingerprint density at radius 2 is 1.96 bits per heavy atom. The van der Waals surface area contributed by atoms with E-state index >= 15 is 0 Å². The first kappa shape index (κ1) is 22.5. The summed E-state index contributed by atoms with van der Waals surface area (Å²) in [5.74, 6) is -0.154. The Hall–Kier alpha value is -1.76. The lowest BCUT2D eigenvalue weighted by atomic mass is 10.1. The number of carbonyl (C=O) groups is 2. The summed E-state index contributed by atoms with van der Waals surface area (Å²) in [6.45, 7) is 8.09. The van der Waals surface area contributed by atoms with Crippen molar-refractivity contribution in [2.75, 3.05) is 46.4 Å². The molecular formula is C20H27Cl2N3O3. The number of rotatable bonds is 9. The molecular weight excluding hydrogens is 401 g/mol. The Kier molecular flexibility index (Phi) is 9.09. The number of halogens is 2. The summed E-state index contributed by atoms with van der Waals surface area (Å²) in [4.78, 5) is 28.0. The minimum Gasteiger partial charge on any atom is -0.453 e. The van der Waals surface area contributed by atoms with Gasteiger partial charge in [-0.25, -0.2) is 4.79 Å². The Morgan fingerprint density at radius 1 is 1.25 bits per heavy atom. The topological polar surface area (TPSA) is 61.9 Å². The molecule has 1 fully saturated rings. The zero-order chi connectivity index (χ0) is 20.5. The highest BCUT2D eigenvalue weighted by Crippen LogP contribution is 2.22. The van der Waals surface area contributed by atoms with Crippen molar-refractivity contribution >= 4 is 35.2 Å². The molecule has 1 aliphatic rings. The fraction of sp³-hybridized carbons (Fsp3) is 0.500. The first-order valence-electron chi connectivity index (χ1n) is 9.31. The van der Waals surface area contributed by atoms with Crippen molar-refractivity contribution in [2.45, 2.75) is 19.3 Å². The number of carbonyl (C=O) groups excluding carboxylic acids is 2. The Bertz CT molecular complexity index is 706. The molecule has 0 atom stereocenters. The monoisotopic (exact) mass is 427 g/mol. The van der Waals surface area contributed by atoms with Crippen LogP contribution in [0.3, 0.4) is 0 Å². The quantitative estimate of drug-likeness (QED) is 0.613. The van der Waals surface area contributed by atoms with Crippen LogP contribution in [0.4, 0.5) is 4.79 Å². The van der Waals surface area contributed by atoms with Crippen LogP contribution < -0.4 is 5.32 Å². The number of amides is 2. The summed E-state index contributed by atoms with van der Waals surface area (Å²) in [7, 11) is 1.35. The number of ether oxygens (including phenoxy) is 1. The summed E-state index contributed by atoms with van der Waals surface area (Å²) in [6, 6.07) is 5.10. The van der Waals surface area contributed by atoms with E-state index in [9.17, 15) is 9.59 Å². The normalized spacial score (nSPS) is 14.0. The largest absolute Gasteiger partial charge is 0.453 e. The minimum absolute atomic E-state index is 0.154. The van der Waals surface area contributed by atoms with Crippen LogP contribution in [-0.2, 0) is 16.0 Å². The number of methoxy groups -OCH3 is 1. The molecule has 1 aromatic rings. The van der Waals surface area contributed by atoms with Gasteiger partial charge in [0, 0.05) is 26.2 Å². The first-order valence-corrected chi connectivity index (χ1v) is 10.1. The second kappa shape index (κ2) is 11.3. The van der Waals surface area contributed by atoms with E-state index in [1.807, 2.05) is 0 Å². The van der Waals surface area contributed by atoms with Crippen LogP contribution in [0.2, 0.25) is 10.0 Å². The molecule has 0 saturated carbocycles. The maximum absolute atomic E-state index is 12.1. The van der Waals surface area contributed by atoms with Crippen LogP contribution in [0, 0.1) is 0 Å². The van der Waals surface area contributed by atoms with E-state index in [1.165, 1.54) is 20.0 Å². The molecule has 0 spiro atoms. The molecule has 8 heteroatoms. The lowest BCUT2D eigenvalue weighted by Crippen LogP contribution is -2.40. The zero-order valence-corrected chi connectivity index (χ0v) is 17.7.